The molecule has 4 N–H and O–H groups in total. The first-order valence-corrected chi connectivity index (χ1v) is 5.05. The SMILES string of the molecule is Nc1cc(C(=O)O)ccc1NC(=O)c1ccco1. The predicted octanol–water partition coefficient (Wildman–Crippen LogP) is 1.81. The molecule has 0 fully saturated rings. The van der Waals surface area contributed by atoms with Crippen LogP contribution in [0.25, 0.3) is 0 Å². The Morgan fingerprint density at radius 2 is 2.06 bits per heavy atom. The number of carbonyl (C=O) groups is 2. The Balaban J connectivity index is 2.20. The van der Waals surface area contributed by atoms with E-state index in [-0.39, 0.29) is 17.0 Å². The zero-order chi connectivity index (χ0) is 13.1. The van der Waals surface area contributed by atoms with Gasteiger partial charge in [-0.05, 0) is 30.3 Å². The van der Waals surface area contributed by atoms with E-state index in [1.54, 1.807) is 6.07 Å². The van der Waals surface area contributed by atoms with Crippen molar-refractivity contribution in [1.82, 2.24) is 0 Å². The molecule has 1 aromatic carbocycles. The first kappa shape index (κ1) is 11.7. The quantitative estimate of drug-likeness (QED) is 0.716. The number of nitrogen functional groups attached to an aromatic ring is 1. The summed E-state index contributed by atoms with van der Waals surface area (Å²) in [6.45, 7) is 0. The topological polar surface area (TPSA) is 106 Å². The third-order valence-electron chi connectivity index (χ3n) is 2.29. The number of anilines is 2. The summed E-state index contributed by atoms with van der Waals surface area (Å²) in [6, 6.07) is 7.17. The molecule has 1 aromatic heterocycles. The summed E-state index contributed by atoms with van der Waals surface area (Å²) in [7, 11) is 0. The van der Waals surface area contributed by atoms with Crippen molar-refractivity contribution in [1.29, 1.82) is 0 Å². The molecule has 0 aliphatic carbocycles. The van der Waals surface area contributed by atoms with E-state index >= 15 is 0 Å². The van der Waals surface area contributed by atoms with Gasteiger partial charge in [0.25, 0.3) is 5.91 Å². The molecule has 6 nitrogen and oxygen atoms in total. The number of hydrogen-bond acceptors (Lipinski definition) is 4. The van der Waals surface area contributed by atoms with Crippen LogP contribution in [-0.4, -0.2) is 17.0 Å². The van der Waals surface area contributed by atoms with Gasteiger partial charge in [-0.25, -0.2) is 4.79 Å². The van der Waals surface area contributed by atoms with Crippen LogP contribution >= 0.6 is 0 Å². The molecule has 2 aromatic rings. The van der Waals surface area contributed by atoms with Crippen LogP contribution in [0.15, 0.2) is 41.0 Å². The Labute approximate surface area is 102 Å². The second-order valence-corrected chi connectivity index (χ2v) is 3.54. The lowest BCUT2D eigenvalue weighted by atomic mass is 10.1. The highest BCUT2D eigenvalue weighted by atomic mass is 16.4. The highest BCUT2D eigenvalue weighted by molar-refractivity contribution is 6.04. The molecule has 18 heavy (non-hydrogen) atoms. The van der Waals surface area contributed by atoms with Gasteiger partial charge in [0, 0.05) is 0 Å². The summed E-state index contributed by atoms with van der Waals surface area (Å²) in [6.07, 6.45) is 1.38. The van der Waals surface area contributed by atoms with Crippen LogP contribution in [0.2, 0.25) is 0 Å². The summed E-state index contributed by atoms with van der Waals surface area (Å²) in [5.41, 5.74) is 6.22. The number of nitrogens with one attached hydrogen (secondary N) is 1. The standard InChI is InChI=1S/C12H10N2O4/c13-8-6-7(12(16)17)3-4-9(8)14-11(15)10-2-1-5-18-10/h1-6H,13H2,(H,14,15)(H,16,17). The first-order chi connectivity index (χ1) is 8.58. The maximum Gasteiger partial charge on any atom is 0.335 e. The number of aromatic carboxylic acids is 1. The van der Waals surface area contributed by atoms with Crippen molar-refractivity contribution in [3.05, 3.63) is 47.9 Å². The fraction of sp³-hybridized carbons (Fsp3) is 0. The molecule has 0 spiro atoms. The Bertz CT molecular complexity index is 590. The molecule has 1 amide bonds. The second kappa shape index (κ2) is 4.62. The predicted molar refractivity (Wildman–Crippen MR) is 64.5 cm³/mol. The summed E-state index contributed by atoms with van der Waals surface area (Å²) in [4.78, 5) is 22.4. The molecule has 6 heteroatoms. The van der Waals surface area contributed by atoms with Gasteiger partial charge in [0.2, 0.25) is 0 Å². The van der Waals surface area contributed by atoms with Gasteiger partial charge in [-0.1, -0.05) is 0 Å². The van der Waals surface area contributed by atoms with Crippen LogP contribution in [0.1, 0.15) is 20.9 Å². The number of carbonyl (C=O) groups excluding carboxylic acids is 1. The molecule has 0 aliphatic rings. The van der Waals surface area contributed by atoms with Gasteiger partial charge in [0.1, 0.15) is 0 Å². The van der Waals surface area contributed by atoms with E-state index in [2.05, 4.69) is 5.32 Å². The van der Waals surface area contributed by atoms with Crippen LogP contribution in [0, 0.1) is 0 Å². The Morgan fingerprint density at radius 3 is 2.61 bits per heavy atom. The van der Waals surface area contributed by atoms with Gasteiger partial charge in [0.05, 0.1) is 23.2 Å². The zero-order valence-corrected chi connectivity index (χ0v) is 9.21. The van der Waals surface area contributed by atoms with Gasteiger partial charge >= 0.3 is 5.97 Å². The fourth-order valence-electron chi connectivity index (χ4n) is 1.40. The Morgan fingerprint density at radius 1 is 1.28 bits per heavy atom. The van der Waals surface area contributed by atoms with Crippen molar-refractivity contribution in [2.75, 3.05) is 11.1 Å². The second-order valence-electron chi connectivity index (χ2n) is 3.54. The minimum atomic E-state index is -1.08. The van der Waals surface area contributed by atoms with E-state index in [1.165, 1.54) is 30.5 Å². The van der Waals surface area contributed by atoms with Crippen LogP contribution in [0.4, 0.5) is 11.4 Å². The lowest BCUT2D eigenvalue weighted by Crippen LogP contribution is -2.12. The number of nitrogens with two attached hydrogens (primary N) is 1. The minimum absolute atomic E-state index is 0.0588. The number of rotatable bonds is 3. The van der Waals surface area contributed by atoms with Gasteiger partial charge in [0.15, 0.2) is 5.76 Å². The maximum absolute atomic E-state index is 11.7. The molecule has 0 unspecified atom stereocenters. The van der Waals surface area contributed by atoms with Crippen molar-refractivity contribution in [2.45, 2.75) is 0 Å². The van der Waals surface area contributed by atoms with Crippen LogP contribution in [0.5, 0.6) is 0 Å². The van der Waals surface area contributed by atoms with E-state index in [4.69, 9.17) is 15.3 Å². The lowest BCUT2D eigenvalue weighted by molar-refractivity contribution is 0.0697. The molecule has 1 heterocycles. The molecule has 2 rings (SSSR count). The molecule has 0 radical (unpaired) electrons. The number of carboxylic acid groups (broad SMARTS) is 1. The molecular weight excluding hydrogens is 236 g/mol. The highest BCUT2D eigenvalue weighted by Crippen LogP contribution is 2.20. The van der Waals surface area contributed by atoms with Crippen LogP contribution in [-0.2, 0) is 0 Å². The average Bonchev–Trinajstić information content (AvgIpc) is 2.85. The molecule has 0 aliphatic heterocycles. The minimum Gasteiger partial charge on any atom is -0.478 e. The summed E-state index contributed by atoms with van der Waals surface area (Å²) in [5, 5.41) is 11.3. The van der Waals surface area contributed by atoms with E-state index in [0.717, 1.165) is 0 Å². The lowest BCUT2D eigenvalue weighted by Gasteiger charge is -2.07. The smallest absolute Gasteiger partial charge is 0.335 e. The molecule has 0 bridgehead atoms. The average molecular weight is 246 g/mol. The zero-order valence-electron chi connectivity index (χ0n) is 9.21. The van der Waals surface area contributed by atoms with Gasteiger partial charge in [-0.15, -0.1) is 0 Å². The van der Waals surface area contributed by atoms with Crippen LogP contribution < -0.4 is 11.1 Å². The molecule has 92 valence electrons. The molecule has 0 saturated carbocycles. The van der Waals surface area contributed by atoms with Crippen molar-refractivity contribution < 1.29 is 19.1 Å². The van der Waals surface area contributed by atoms with Gasteiger partial charge in [-0.3, -0.25) is 4.79 Å². The Hall–Kier alpha value is -2.76. The van der Waals surface area contributed by atoms with Crippen molar-refractivity contribution in [3.8, 4) is 0 Å². The number of amides is 1. The largest absolute Gasteiger partial charge is 0.478 e. The summed E-state index contributed by atoms with van der Waals surface area (Å²) >= 11 is 0. The summed E-state index contributed by atoms with van der Waals surface area (Å²) in [5.74, 6) is -1.38. The number of carboxylic acids is 1. The van der Waals surface area contributed by atoms with E-state index < -0.39 is 11.9 Å². The Kier molecular flexibility index (Phi) is 3.01. The van der Waals surface area contributed by atoms with E-state index in [9.17, 15) is 9.59 Å². The number of furan rings is 1. The fourth-order valence-corrected chi connectivity index (χ4v) is 1.40. The van der Waals surface area contributed by atoms with Crippen molar-refractivity contribution in [3.63, 3.8) is 0 Å². The number of benzene rings is 1. The first-order valence-electron chi connectivity index (χ1n) is 5.05. The maximum atomic E-state index is 11.7. The normalized spacial score (nSPS) is 10.0. The molecular formula is C12H10N2O4. The van der Waals surface area contributed by atoms with Gasteiger partial charge in [-0.2, -0.15) is 0 Å². The third-order valence-corrected chi connectivity index (χ3v) is 2.29. The van der Waals surface area contributed by atoms with Gasteiger partial charge < -0.3 is 20.6 Å². The third kappa shape index (κ3) is 2.32. The summed E-state index contributed by atoms with van der Waals surface area (Å²) < 4.78 is 4.92. The highest BCUT2D eigenvalue weighted by Gasteiger charge is 2.12. The van der Waals surface area contributed by atoms with Crippen molar-refractivity contribution >= 4 is 23.3 Å². The van der Waals surface area contributed by atoms with Crippen molar-refractivity contribution in [2.24, 2.45) is 0 Å². The molecule has 0 atom stereocenters. The van der Waals surface area contributed by atoms with Crippen LogP contribution in [0.3, 0.4) is 0 Å². The van der Waals surface area contributed by atoms with E-state index in [0.29, 0.717) is 5.69 Å². The monoisotopic (exact) mass is 246 g/mol. The van der Waals surface area contributed by atoms with E-state index in [1.807, 2.05) is 0 Å². The number of hydrogen-bond donors (Lipinski definition) is 3. The molecule has 0 saturated heterocycles.